The standard InChI is InChI=1S/C25H32N2O6/c1-15-9-11-19(12-10-15)33-23(18-7-5-6-8-18)17(3)32-25(30)16(2)27-24(29)21-22(28)20(31-4)13-14-26-21/h9-14,16-18,23,28H,5-8H2,1-4H3,(H,27,29)/t16-,17-,23-/m0/s1. The molecule has 1 aromatic heterocycles. The van der Waals surface area contributed by atoms with Crippen LogP contribution in [0.2, 0.25) is 0 Å². The lowest BCUT2D eigenvalue weighted by Gasteiger charge is -2.30. The van der Waals surface area contributed by atoms with Crippen LogP contribution in [0.3, 0.4) is 0 Å². The van der Waals surface area contributed by atoms with Crippen LogP contribution in [0.15, 0.2) is 36.5 Å². The average molecular weight is 457 g/mol. The number of aryl methyl sites for hydroxylation is 1. The van der Waals surface area contributed by atoms with Gasteiger partial charge in [-0.25, -0.2) is 9.78 Å². The summed E-state index contributed by atoms with van der Waals surface area (Å²) in [6, 6.07) is 8.29. The van der Waals surface area contributed by atoms with E-state index < -0.39 is 24.0 Å². The Kier molecular flexibility index (Phi) is 8.14. The van der Waals surface area contributed by atoms with Crippen molar-refractivity contribution in [3.8, 4) is 17.2 Å². The average Bonchev–Trinajstić information content (AvgIpc) is 3.33. The number of hydrogen-bond donors (Lipinski definition) is 2. The van der Waals surface area contributed by atoms with Crippen LogP contribution in [0, 0.1) is 12.8 Å². The van der Waals surface area contributed by atoms with Crippen LogP contribution in [0.4, 0.5) is 0 Å². The van der Waals surface area contributed by atoms with Gasteiger partial charge >= 0.3 is 5.97 Å². The number of rotatable bonds is 9. The fourth-order valence-corrected chi connectivity index (χ4v) is 4.08. The fourth-order valence-electron chi connectivity index (χ4n) is 4.08. The van der Waals surface area contributed by atoms with Crippen LogP contribution < -0.4 is 14.8 Å². The maximum absolute atomic E-state index is 12.7. The Hall–Kier alpha value is -3.29. The molecule has 0 aliphatic heterocycles. The van der Waals surface area contributed by atoms with Gasteiger partial charge in [0.05, 0.1) is 7.11 Å². The summed E-state index contributed by atoms with van der Waals surface area (Å²) in [4.78, 5) is 29.1. The van der Waals surface area contributed by atoms with Crippen molar-refractivity contribution in [1.29, 1.82) is 0 Å². The third-order valence-corrected chi connectivity index (χ3v) is 5.95. The summed E-state index contributed by atoms with van der Waals surface area (Å²) in [6.07, 6.45) is 4.84. The maximum Gasteiger partial charge on any atom is 0.328 e. The SMILES string of the molecule is COc1ccnc(C(=O)N[C@@H](C)C(=O)O[C@@H](C)[C@H](Oc2ccc(C)cc2)C2CCCC2)c1O. The van der Waals surface area contributed by atoms with Crippen molar-refractivity contribution in [1.82, 2.24) is 10.3 Å². The molecular weight excluding hydrogens is 424 g/mol. The third kappa shape index (κ3) is 6.15. The predicted octanol–water partition coefficient (Wildman–Crippen LogP) is 3.79. The zero-order valence-electron chi connectivity index (χ0n) is 19.5. The summed E-state index contributed by atoms with van der Waals surface area (Å²) in [5.41, 5.74) is 0.911. The molecule has 33 heavy (non-hydrogen) atoms. The number of hydrogen-bond acceptors (Lipinski definition) is 7. The van der Waals surface area contributed by atoms with E-state index in [4.69, 9.17) is 14.2 Å². The molecular formula is C25H32N2O6. The summed E-state index contributed by atoms with van der Waals surface area (Å²) in [5, 5.41) is 12.7. The van der Waals surface area contributed by atoms with Crippen LogP contribution in [-0.2, 0) is 9.53 Å². The van der Waals surface area contributed by atoms with Gasteiger partial charge in [0.25, 0.3) is 5.91 Å². The highest BCUT2D eigenvalue weighted by molar-refractivity contribution is 5.97. The molecule has 1 aliphatic carbocycles. The van der Waals surface area contributed by atoms with E-state index >= 15 is 0 Å². The molecule has 8 heteroatoms. The second-order valence-corrected chi connectivity index (χ2v) is 8.49. The van der Waals surface area contributed by atoms with E-state index in [0.717, 1.165) is 37.0 Å². The summed E-state index contributed by atoms with van der Waals surface area (Å²) in [5.74, 6) is -0.537. The molecule has 3 rings (SSSR count). The Morgan fingerprint density at radius 3 is 2.42 bits per heavy atom. The van der Waals surface area contributed by atoms with Gasteiger partial charge in [-0.1, -0.05) is 30.5 Å². The Morgan fingerprint density at radius 1 is 1.12 bits per heavy atom. The number of ether oxygens (including phenoxy) is 3. The number of carbonyl (C=O) groups excluding carboxylic acids is 2. The number of nitrogens with one attached hydrogen (secondary N) is 1. The zero-order chi connectivity index (χ0) is 24.0. The topological polar surface area (TPSA) is 107 Å². The van der Waals surface area contributed by atoms with Gasteiger partial charge < -0.3 is 24.6 Å². The highest BCUT2D eigenvalue weighted by Crippen LogP contribution is 2.33. The van der Waals surface area contributed by atoms with Crippen molar-refractivity contribution in [2.24, 2.45) is 5.92 Å². The van der Waals surface area contributed by atoms with Gasteiger partial charge in [-0.3, -0.25) is 4.79 Å². The summed E-state index contributed by atoms with van der Waals surface area (Å²) >= 11 is 0. The Bertz CT molecular complexity index is 956. The molecule has 1 saturated carbocycles. The van der Waals surface area contributed by atoms with Crippen molar-refractivity contribution >= 4 is 11.9 Å². The maximum atomic E-state index is 12.7. The second-order valence-electron chi connectivity index (χ2n) is 8.49. The largest absolute Gasteiger partial charge is 0.503 e. The first-order chi connectivity index (χ1) is 15.8. The Labute approximate surface area is 194 Å². The third-order valence-electron chi connectivity index (χ3n) is 5.95. The molecule has 8 nitrogen and oxygen atoms in total. The van der Waals surface area contributed by atoms with E-state index in [2.05, 4.69) is 10.3 Å². The van der Waals surface area contributed by atoms with Crippen molar-refractivity contribution in [2.45, 2.75) is 64.7 Å². The first-order valence-electron chi connectivity index (χ1n) is 11.3. The molecule has 0 bridgehead atoms. The number of amides is 1. The van der Waals surface area contributed by atoms with E-state index in [-0.39, 0.29) is 29.2 Å². The van der Waals surface area contributed by atoms with E-state index in [9.17, 15) is 14.7 Å². The molecule has 3 atom stereocenters. The number of esters is 1. The highest BCUT2D eigenvalue weighted by atomic mass is 16.6. The molecule has 0 unspecified atom stereocenters. The lowest BCUT2D eigenvalue weighted by Crippen LogP contribution is -2.45. The minimum Gasteiger partial charge on any atom is -0.503 e. The molecule has 0 radical (unpaired) electrons. The van der Waals surface area contributed by atoms with Gasteiger partial charge in [0.1, 0.15) is 24.0 Å². The van der Waals surface area contributed by atoms with Crippen molar-refractivity contribution < 1.29 is 28.9 Å². The molecule has 2 aromatic rings. The van der Waals surface area contributed by atoms with Crippen molar-refractivity contribution in [2.75, 3.05) is 7.11 Å². The van der Waals surface area contributed by atoms with Gasteiger partial charge in [0, 0.05) is 12.3 Å². The lowest BCUT2D eigenvalue weighted by atomic mass is 9.96. The van der Waals surface area contributed by atoms with E-state index in [0.29, 0.717) is 0 Å². The molecule has 1 aromatic carbocycles. The first kappa shape index (κ1) is 24.4. The molecule has 1 amide bonds. The summed E-state index contributed by atoms with van der Waals surface area (Å²) in [6.45, 7) is 5.35. The summed E-state index contributed by atoms with van der Waals surface area (Å²) in [7, 11) is 1.37. The minimum absolute atomic E-state index is 0.117. The fraction of sp³-hybridized carbons (Fsp3) is 0.480. The number of nitrogens with zero attached hydrogens (tertiary/aromatic N) is 1. The Balaban J connectivity index is 1.64. The summed E-state index contributed by atoms with van der Waals surface area (Å²) < 4.78 is 17.0. The van der Waals surface area contributed by atoms with Crippen LogP contribution in [0.1, 0.15) is 55.6 Å². The Morgan fingerprint density at radius 2 is 1.79 bits per heavy atom. The number of benzene rings is 1. The van der Waals surface area contributed by atoms with Crippen molar-refractivity contribution in [3.63, 3.8) is 0 Å². The molecule has 0 saturated heterocycles. The highest BCUT2D eigenvalue weighted by Gasteiger charge is 2.34. The van der Waals surface area contributed by atoms with Crippen molar-refractivity contribution in [3.05, 3.63) is 47.8 Å². The smallest absolute Gasteiger partial charge is 0.328 e. The van der Waals surface area contributed by atoms with E-state index in [1.165, 1.54) is 26.3 Å². The predicted molar refractivity (Wildman–Crippen MR) is 122 cm³/mol. The van der Waals surface area contributed by atoms with Crippen LogP contribution in [-0.4, -0.2) is 47.3 Å². The zero-order valence-corrected chi connectivity index (χ0v) is 19.5. The molecule has 178 valence electrons. The second kappa shape index (κ2) is 11.0. The minimum atomic E-state index is -0.948. The van der Waals surface area contributed by atoms with Gasteiger partial charge in [0.15, 0.2) is 17.2 Å². The number of aromatic nitrogens is 1. The van der Waals surface area contributed by atoms with Gasteiger partial charge in [-0.15, -0.1) is 0 Å². The quantitative estimate of drug-likeness (QED) is 0.553. The number of carbonyl (C=O) groups is 2. The number of methoxy groups -OCH3 is 1. The molecule has 0 spiro atoms. The number of pyridine rings is 1. The van der Waals surface area contributed by atoms with Gasteiger partial charge in [-0.2, -0.15) is 0 Å². The molecule has 1 aliphatic rings. The lowest BCUT2D eigenvalue weighted by molar-refractivity contribution is -0.156. The molecule has 2 N–H and O–H groups in total. The molecule has 1 fully saturated rings. The van der Waals surface area contributed by atoms with Gasteiger partial charge in [0.2, 0.25) is 0 Å². The normalized spacial score (nSPS) is 16.5. The van der Waals surface area contributed by atoms with Crippen LogP contribution >= 0.6 is 0 Å². The number of aromatic hydroxyl groups is 1. The van der Waals surface area contributed by atoms with E-state index in [1.807, 2.05) is 38.1 Å². The van der Waals surface area contributed by atoms with E-state index in [1.54, 1.807) is 0 Å². The van der Waals surface area contributed by atoms with Crippen LogP contribution in [0.25, 0.3) is 0 Å². The van der Waals surface area contributed by atoms with Crippen LogP contribution in [0.5, 0.6) is 17.2 Å². The molecule has 1 heterocycles. The monoisotopic (exact) mass is 456 g/mol. The first-order valence-corrected chi connectivity index (χ1v) is 11.3. The van der Waals surface area contributed by atoms with Gasteiger partial charge in [-0.05, 0) is 51.7 Å².